The summed E-state index contributed by atoms with van der Waals surface area (Å²) in [7, 11) is 0. The lowest BCUT2D eigenvalue weighted by Gasteiger charge is -2.12. The maximum Gasteiger partial charge on any atom is 0.119 e. The second-order valence-corrected chi connectivity index (χ2v) is 6.54. The summed E-state index contributed by atoms with van der Waals surface area (Å²) in [5.41, 5.74) is 2.65. The summed E-state index contributed by atoms with van der Waals surface area (Å²) >= 11 is 1.68. The standard InChI is InChI=1S/C18H22O2S/c1-13(2)18-8-7-16(11-14(18)3)20-9-10-21-17-6-4-5-15(19)12-17/h4-8,11-13,19H,9-10H2,1-3H3. The van der Waals surface area contributed by atoms with Gasteiger partial charge in [-0.05, 0) is 54.3 Å². The third-order valence-electron chi connectivity index (χ3n) is 3.30. The maximum absolute atomic E-state index is 9.40. The van der Waals surface area contributed by atoms with E-state index in [-0.39, 0.29) is 0 Å². The van der Waals surface area contributed by atoms with E-state index in [1.54, 1.807) is 23.9 Å². The molecule has 0 radical (unpaired) electrons. The Bertz CT molecular complexity index is 594. The first-order chi connectivity index (χ1) is 10.1. The fourth-order valence-corrected chi connectivity index (χ4v) is 3.06. The van der Waals surface area contributed by atoms with Gasteiger partial charge in [-0.2, -0.15) is 0 Å². The normalized spacial score (nSPS) is 10.9. The Balaban J connectivity index is 1.82. The lowest BCUT2D eigenvalue weighted by atomic mass is 9.98. The van der Waals surface area contributed by atoms with Crippen molar-refractivity contribution in [1.29, 1.82) is 0 Å². The molecule has 2 nitrogen and oxygen atoms in total. The highest BCUT2D eigenvalue weighted by molar-refractivity contribution is 7.99. The average Bonchev–Trinajstić information content (AvgIpc) is 2.43. The Morgan fingerprint density at radius 1 is 1.14 bits per heavy atom. The maximum atomic E-state index is 9.40. The van der Waals surface area contributed by atoms with Crippen LogP contribution in [-0.2, 0) is 0 Å². The minimum Gasteiger partial charge on any atom is -0.508 e. The van der Waals surface area contributed by atoms with Crippen molar-refractivity contribution in [2.75, 3.05) is 12.4 Å². The molecule has 2 aromatic carbocycles. The molecule has 0 aliphatic rings. The smallest absolute Gasteiger partial charge is 0.119 e. The molecule has 0 spiro atoms. The Labute approximate surface area is 131 Å². The molecule has 0 unspecified atom stereocenters. The predicted octanol–water partition coefficient (Wildman–Crippen LogP) is 5.00. The molecule has 0 heterocycles. The molecule has 0 atom stereocenters. The number of thioether (sulfide) groups is 1. The molecule has 3 heteroatoms. The van der Waals surface area contributed by atoms with E-state index in [2.05, 4.69) is 32.9 Å². The third-order valence-corrected chi connectivity index (χ3v) is 4.26. The van der Waals surface area contributed by atoms with Crippen molar-refractivity contribution in [3.63, 3.8) is 0 Å². The minimum absolute atomic E-state index is 0.306. The highest BCUT2D eigenvalue weighted by Crippen LogP contribution is 2.25. The van der Waals surface area contributed by atoms with Gasteiger partial charge < -0.3 is 9.84 Å². The van der Waals surface area contributed by atoms with Gasteiger partial charge in [-0.15, -0.1) is 11.8 Å². The van der Waals surface area contributed by atoms with E-state index in [4.69, 9.17) is 4.74 Å². The highest BCUT2D eigenvalue weighted by Gasteiger charge is 2.04. The Morgan fingerprint density at radius 2 is 1.95 bits per heavy atom. The van der Waals surface area contributed by atoms with E-state index in [1.807, 2.05) is 18.2 Å². The van der Waals surface area contributed by atoms with Gasteiger partial charge in [0.25, 0.3) is 0 Å². The molecule has 1 N–H and O–H groups in total. The van der Waals surface area contributed by atoms with Crippen molar-refractivity contribution in [2.45, 2.75) is 31.6 Å². The molecule has 0 saturated carbocycles. The predicted molar refractivity (Wildman–Crippen MR) is 89.6 cm³/mol. The van der Waals surface area contributed by atoms with Crippen LogP contribution in [0.4, 0.5) is 0 Å². The van der Waals surface area contributed by atoms with Gasteiger partial charge in [0.2, 0.25) is 0 Å². The van der Waals surface area contributed by atoms with Gasteiger partial charge in [-0.3, -0.25) is 0 Å². The molecule has 0 saturated heterocycles. The number of aryl methyl sites for hydroxylation is 1. The van der Waals surface area contributed by atoms with Gasteiger partial charge in [0, 0.05) is 10.6 Å². The van der Waals surface area contributed by atoms with Crippen LogP contribution in [0.25, 0.3) is 0 Å². The Morgan fingerprint density at radius 3 is 2.62 bits per heavy atom. The molecule has 0 aliphatic heterocycles. The van der Waals surface area contributed by atoms with Gasteiger partial charge in [-0.1, -0.05) is 26.0 Å². The van der Waals surface area contributed by atoms with Crippen LogP contribution >= 0.6 is 11.8 Å². The van der Waals surface area contributed by atoms with Gasteiger partial charge in [0.1, 0.15) is 11.5 Å². The molecule has 112 valence electrons. The van der Waals surface area contributed by atoms with Gasteiger partial charge in [-0.25, -0.2) is 0 Å². The second kappa shape index (κ2) is 7.41. The molecule has 2 rings (SSSR count). The SMILES string of the molecule is Cc1cc(OCCSc2cccc(O)c2)ccc1C(C)C. The van der Waals surface area contributed by atoms with Crippen LogP contribution < -0.4 is 4.74 Å². The molecule has 0 amide bonds. The van der Waals surface area contributed by atoms with Crippen LogP contribution in [0.5, 0.6) is 11.5 Å². The summed E-state index contributed by atoms with van der Waals surface area (Å²) in [6, 6.07) is 13.6. The van der Waals surface area contributed by atoms with E-state index in [1.165, 1.54) is 11.1 Å². The molecule has 0 aliphatic carbocycles. The number of benzene rings is 2. The third kappa shape index (κ3) is 4.71. The van der Waals surface area contributed by atoms with Crippen LogP contribution in [0.2, 0.25) is 0 Å². The molecule has 21 heavy (non-hydrogen) atoms. The number of phenolic OH excluding ortho intramolecular Hbond substituents is 1. The van der Waals surface area contributed by atoms with Crippen LogP contribution in [0.1, 0.15) is 30.9 Å². The van der Waals surface area contributed by atoms with Crippen LogP contribution in [-0.4, -0.2) is 17.5 Å². The number of phenols is 1. The zero-order chi connectivity index (χ0) is 15.2. The molecule has 0 fully saturated rings. The summed E-state index contributed by atoms with van der Waals surface area (Å²) in [5.74, 6) is 2.63. The van der Waals surface area contributed by atoms with Gasteiger partial charge in [0.15, 0.2) is 0 Å². The zero-order valence-corrected chi connectivity index (χ0v) is 13.6. The van der Waals surface area contributed by atoms with E-state index in [9.17, 15) is 5.11 Å². The molecule has 2 aromatic rings. The van der Waals surface area contributed by atoms with Gasteiger partial charge in [0.05, 0.1) is 6.61 Å². The van der Waals surface area contributed by atoms with E-state index >= 15 is 0 Å². The average molecular weight is 302 g/mol. The number of rotatable bonds is 6. The fourth-order valence-electron chi connectivity index (χ4n) is 2.28. The summed E-state index contributed by atoms with van der Waals surface area (Å²) in [6.07, 6.45) is 0. The number of hydrogen-bond donors (Lipinski definition) is 1. The van der Waals surface area contributed by atoms with Crippen molar-refractivity contribution >= 4 is 11.8 Å². The van der Waals surface area contributed by atoms with Crippen molar-refractivity contribution in [3.8, 4) is 11.5 Å². The Hall–Kier alpha value is -1.61. The van der Waals surface area contributed by atoms with Crippen molar-refractivity contribution < 1.29 is 9.84 Å². The first kappa shape index (κ1) is 15.8. The van der Waals surface area contributed by atoms with Gasteiger partial charge >= 0.3 is 0 Å². The van der Waals surface area contributed by atoms with Crippen LogP contribution in [0.3, 0.4) is 0 Å². The van der Waals surface area contributed by atoms with Crippen molar-refractivity contribution in [1.82, 2.24) is 0 Å². The lowest BCUT2D eigenvalue weighted by Crippen LogP contribution is -2.01. The number of ether oxygens (including phenoxy) is 1. The quantitative estimate of drug-likeness (QED) is 0.602. The first-order valence-electron chi connectivity index (χ1n) is 7.21. The van der Waals surface area contributed by atoms with Crippen molar-refractivity contribution in [2.24, 2.45) is 0 Å². The number of hydrogen-bond acceptors (Lipinski definition) is 3. The molecular formula is C18H22O2S. The zero-order valence-electron chi connectivity index (χ0n) is 12.8. The largest absolute Gasteiger partial charge is 0.508 e. The molecular weight excluding hydrogens is 280 g/mol. The highest BCUT2D eigenvalue weighted by atomic mass is 32.2. The first-order valence-corrected chi connectivity index (χ1v) is 8.20. The summed E-state index contributed by atoms with van der Waals surface area (Å²) < 4.78 is 5.79. The van der Waals surface area contributed by atoms with E-state index < -0.39 is 0 Å². The topological polar surface area (TPSA) is 29.5 Å². The number of aromatic hydroxyl groups is 1. The molecule has 0 aromatic heterocycles. The summed E-state index contributed by atoms with van der Waals surface area (Å²) in [4.78, 5) is 1.06. The lowest BCUT2D eigenvalue weighted by molar-refractivity contribution is 0.343. The summed E-state index contributed by atoms with van der Waals surface area (Å²) in [5, 5.41) is 9.40. The van der Waals surface area contributed by atoms with Crippen molar-refractivity contribution in [3.05, 3.63) is 53.6 Å². The van der Waals surface area contributed by atoms with Crippen LogP contribution in [0, 0.1) is 6.92 Å². The summed E-state index contributed by atoms with van der Waals surface area (Å²) in [6.45, 7) is 7.19. The Kier molecular flexibility index (Phi) is 5.57. The fraction of sp³-hybridized carbons (Fsp3) is 0.333. The van der Waals surface area contributed by atoms with E-state index in [0.717, 1.165) is 16.4 Å². The second-order valence-electron chi connectivity index (χ2n) is 5.37. The van der Waals surface area contributed by atoms with E-state index in [0.29, 0.717) is 18.3 Å². The minimum atomic E-state index is 0.306. The monoisotopic (exact) mass is 302 g/mol. The molecule has 0 bridgehead atoms. The van der Waals surface area contributed by atoms with Crippen LogP contribution in [0.15, 0.2) is 47.4 Å².